The molecule has 2 aromatic heterocycles. The van der Waals surface area contributed by atoms with Crippen LogP contribution in [0.25, 0.3) is 61.0 Å². The molecule has 4 nitrogen and oxygen atoms in total. The zero-order valence-corrected chi connectivity index (χ0v) is 35.9. The number of benzene rings is 7. The van der Waals surface area contributed by atoms with E-state index in [-0.39, 0.29) is 16.9 Å². The second kappa shape index (κ2) is 13.0. The highest BCUT2D eigenvalue weighted by Gasteiger charge is 2.40. The SMILES string of the molecule is CC(CCC1c2ccc(-c3ccc4c(c3)C(C)(C)c3ccccc3-4)cc2N(c2nc3ccccc3c3nc4ccccc4n23)C1C)c1ccc2c(c1)C(C)(C)c1ccccc1-2. The van der Waals surface area contributed by atoms with E-state index in [9.17, 15) is 0 Å². The first-order chi connectivity index (χ1) is 29.6. The quantitative estimate of drug-likeness (QED) is 0.168. The van der Waals surface area contributed by atoms with E-state index < -0.39 is 0 Å². The number of para-hydroxylation sites is 3. The van der Waals surface area contributed by atoms with Gasteiger partial charge in [-0.05, 0) is 129 Å². The molecule has 1 aliphatic heterocycles. The summed E-state index contributed by atoms with van der Waals surface area (Å²) < 4.78 is 2.31. The summed E-state index contributed by atoms with van der Waals surface area (Å²) in [6.07, 6.45) is 2.16. The normalized spacial score (nSPS) is 18.3. The second-order valence-corrected chi connectivity index (χ2v) is 19.1. The van der Waals surface area contributed by atoms with E-state index in [1.54, 1.807) is 0 Å². The Morgan fingerprint density at radius 1 is 0.574 bits per heavy atom. The minimum atomic E-state index is -0.0668. The van der Waals surface area contributed by atoms with Crippen molar-refractivity contribution < 1.29 is 0 Å². The van der Waals surface area contributed by atoms with E-state index in [1.165, 1.54) is 72.4 Å². The van der Waals surface area contributed by atoms with Gasteiger partial charge < -0.3 is 4.90 Å². The van der Waals surface area contributed by atoms with Gasteiger partial charge >= 0.3 is 0 Å². The van der Waals surface area contributed by atoms with E-state index in [0.29, 0.717) is 11.8 Å². The summed E-state index contributed by atoms with van der Waals surface area (Å²) in [5, 5.41) is 1.07. The Labute approximate surface area is 358 Å². The van der Waals surface area contributed by atoms with Crippen molar-refractivity contribution in [3.63, 3.8) is 0 Å². The maximum absolute atomic E-state index is 5.54. The molecule has 3 unspecified atom stereocenters. The average molecular weight is 791 g/mol. The Balaban J connectivity index is 0.968. The molecule has 3 atom stereocenters. The van der Waals surface area contributed by atoms with Crippen LogP contribution in [0.5, 0.6) is 0 Å². The van der Waals surface area contributed by atoms with Crippen molar-refractivity contribution in [2.45, 2.75) is 83.1 Å². The fourth-order valence-corrected chi connectivity index (χ4v) is 11.6. The lowest BCUT2D eigenvalue weighted by molar-refractivity contribution is 0.503. The number of aromatic nitrogens is 3. The Morgan fingerprint density at radius 2 is 1.16 bits per heavy atom. The second-order valence-electron chi connectivity index (χ2n) is 19.1. The highest BCUT2D eigenvalue weighted by Crippen LogP contribution is 2.53. The van der Waals surface area contributed by atoms with Crippen LogP contribution >= 0.6 is 0 Å². The molecule has 0 fully saturated rings. The Morgan fingerprint density at radius 3 is 1.92 bits per heavy atom. The molecule has 0 spiro atoms. The Bertz CT molecular complexity index is 3270. The molecular weight excluding hydrogens is 741 g/mol. The molecule has 298 valence electrons. The monoisotopic (exact) mass is 790 g/mol. The van der Waals surface area contributed by atoms with Gasteiger partial charge in [-0.2, -0.15) is 0 Å². The molecule has 0 N–H and O–H groups in total. The molecule has 3 aliphatic rings. The molecule has 0 amide bonds. The first kappa shape index (κ1) is 36.3. The minimum absolute atomic E-state index is 0.00692. The lowest BCUT2D eigenvalue weighted by atomic mass is 9.80. The molecular formula is C57H50N4. The van der Waals surface area contributed by atoms with E-state index in [4.69, 9.17) is 9.97 Å². The number of fused-ring (bicyclic) bond motifs is 12. The number of nitrogens with zero attached hydrogens (tertiary/aromatic N) is 4. The van der Waals surface area contributed by atoms with Crippen molar-refractivity contribution in [3.05, 3.63) is 185 Å². The fraction of sp³-hybridized carbons (Fsp3) is 0.228. The van der Waals surface area contributed by atoms with Crippen LogP contribution in [-0.2, 0) is 10.8 Å². The van der Waals surface area contributed by atoms with E-state index in [0.717, 1.165) is 46.4 Å². The van der Waals surface area contributed by atoms with Crippen LogP contribution in [0.2, 0.25) is 0 Å². The lowest BCUT2D eigenvalue weighted by Gasteiger charge is -2.28. The van der Waals surface area contributed by atoms with Gasteiger partial charge in [0, 0.05) is 33.9 Å². The van der Waals surface area contributed by atoms with Gasteiger partial charge in [0.2, 0.25) is 5.95 Å². The highest BCUT2D eigenvalue weighted by molar-refractivity contribution is 5.98. The molecule has 61 heavy (non-hydrogen) atoms. The highest BCUT2D eigenvalue weighted by atomic mass is 15.3. The van der Waals surface area contributed by atoms with Crippen molar-refractivity contribution in [2.24, 2.45) is 0 Å². The molecule has 7 aromatic carbocycles. The zero-order chi connectivity index (χ0) is 41.4. The van der Waals surface area contributed by atoms with Crippen molar-refractivity contribution in [1.29, 1.82) is 0 Å². The average Bonchev–Trinajstić information content (AvgIpc) is 3.95. The van der Waals surface area contributed by atoms with Crippen molar-refractivity contribution >= 4 is 39.2 Å². The topological polar surface area (TPSA) is 33.4 Å². The van der Waals surface area contributed by atoms with Gasteiger partial charge in [0.1, 0.15) is 5.65 Å². The van der Waals surface area contributed by atoms with Crippen LogP contribution in [0, 0.1) is 0 Å². The predicted octanol–water partition coefficient (Wildman–Crippen LogP) is 14.5. The van der Waals surface area contributed by atoms with Gasteiger partial charge in [-0.1, -0.05) is 150 Å². The van der Waals surface area contributed by atoms with Crippen LogP contribution in [0.15, 0.2) is 152 Å². The predicted molar refractivity (Wildman–Crippen MR) is 253 cm³/mol. The summed E-state index contributed by atoms with van der Waals surface area (Å²) >= 11 is 0. The molecule has 0 radical (unpaired) electrons. The standard InChI is InChI=1S/C57H50N4/c1-34(36-24-28-42-40-15-7-10-18-46(40)56(3,4)48(42)31-36)23-27-39-35(2)60(55-59-50-20-12-9-17-45(50)54-58-51-21-13-14-22-52(51)61(54)55)53-33-38(26-30-44(39)53)37-25-29-43-41-16-8-11-19-47(41)57(5,6)49(43)32-37/h7-22,24-26,28-35,39H,23,27H2,1-6H3. The molecule has 0 saturated carbocycles. The maximum atomic E-state index is 5.54. The van der Waals surface area contributed by atoms with Crippen LogP contribution in [0.3, 0.4) is 0 Å². The summed E-state index contributed by atoms with van der Waals surface area (Å²) in [5.41, 5.74) is 21.6. The summed E-state index contributed by atoms with van der Waals surface area (Å²) in [6, 6.07) is 56.7. The van der Waals surface area contributed by atoms with Crippen LogP contribution in [0.4, 0.5) is 11.6 Å². The summed E-state index contributed by atoms with van der Waals surface area (Å²) in [5.74, 6) is 1.65. The van der Waals surface area contributed by atoms with Gasteiger partial charge in [0.05, 0.1) is 16.6 Å². The number of imidazole rings is 1. The van der Waals surface area contributed by atoms with Gasteiger partial charge in [-0.15, -0.1) is 0 Å². The Kier molecular flexibility index (Phi) is 7.74. The molecule has 0 saturated heterocycles. The first-order valence-corrected chi connectivity index (χ1v) is 22.2. The Hall–Kier alpha value is -6.52. The largest absolute Gasteiger partial charge is 0.308 e. The molecule has 4 heteroatoms. The minimum Gasteiger partial charge on any atom is -0.308 e. The number of rotatable bonds is 6. The van der Waals surface area contributed by atoms with Crippen LogP contribution in [0.1, 0.15) is 99.6 Å². The third kappa shape index (κ3) is 5.18. The molecule has 2 aliphatic carbocycles. The van der Waals surface area contributed by atoms with Gasteiger partial charge in [-0.3, -0.25) is 4.40 Å². The third-order valence-corrected chi connectivity index (χ3v) is 15.0. The zero-order valence-electron chi connectivity index (χ0n) is 35.9. The van der Waals surface area contributed by atoms with Crippen molar-refractivity contribution in [2.75, 3.05) is 4.90 Å². The smallest absolute Gasteiger partial charge is 0.217 e. The summed E-state index contributed by atoms with van der Waals surface area (Å²) in [6.45, 7) is 14.4. The van der Waals surface area contributed by atoms with Gasteiger partial charge in [-0.25, -0.2) is 9.97 Å². The first-order valence-electron chi connectivity index (χ1n) is 22.2. The molecule has 9 aromatic rings. The number of anilines is 2. The fourth-order valence-electron chi connectivity index (χ4n) is 11.6. The van der Waals surface area contributed by atoms with E-state index in [1.807, 2.05) is 0 Å². The van der Waals surface area contributed by atoms with Gasteiger partial charge in [0.25, 0.3) is 0 Å². The third-order valence-electron chi connectivity index (χ3n) is 15.0. The molecule has 3 heterocycles. The van der Waals surface area contributed by atoms with Crippen LogP contribution < -0.4 is 4.90 Å². The maximum Gasteiger partial charge on any atom is 0.217 e. The number of hydrogen-bond acceptors (Lipinski definition) is 3. The summed E-state index contributed by atoms with van der Waals surface area (Å²) in [7, 11) is 0. The lowest BCUT2D eigenvalue weighted by Crippen LogP contribution is -2.29. The van der Waals surface area contributed by atoms with E-state index in [2.05, 4.69) is 203 Å². The number of hydrogen-bond donors (Lipinski definition) is 0. The molecule has 12 rings (SSSR count). The van der Waals surface area contributed by atoms with Crippen molar-refractivity contribution in [1.82, 2.24) is 14.4 Å². The van der Waals surface area contributed by atoms with Gasteiger partial charge in [0.15, 0.2) is 0 Å². The van der Waals surface area contributed by atoms with Crippen LogP contribution in [-0.4, -0.2) is 20.4 Å². The summed E-state index contributed by atoms with van der Waals surface area (Å²) in [4.78, 5) is 13.3. The molecule has 0 bridgehead atoms. The van der Waals surface area contributed by atoms with Crippen molar-refractivity contribution in [3.8, 4) is 33.4 Å². The van der Waals surface area contributed by atoms with E-state index >= 15 is 0 Å².